The lowest BCUT2D eigenvalue weighted by molar-refractivity contribution is 0.390. The van der Waals surface area contributed by atoms with Gasteiger partial charge in [0.1, 0.15) is 11.5 Å². The molecule has 1 aliphatic rings. The molecule has 1 fully saturated rings. The number of hydrogen-bond acceptors (Lipinski definition) is 4. The van der Waals surface area contributed by atoms with Crippen molar-refractivity contribution in [1.29, 1.82) is 0 Å². The van der Waals surface area contributed by atoms with Crippen LogP contribution in [0.3, 0.4) is 0 Å². The van der Waals surface area contributed by atoms with Crippen molar-refractivity contribution in [1.82, 2.24) is 0 Å². The largest absolute Gasteiger partial charge is 0.507 e. The molecule has 1 aliphatic carbocycles. The Hall–Kier alpha value is -7.30. The van der Waals surface area contributed by atoms with Gasteiger partial charge in [0, 0.05) is 34.7 Å². The third-order valence-electron chi connectivity index (χ3n) is 13.1. The summed E-state index contributed by atoms with van der Waals surface area (Å²) in [6.07, 6.45) is 7.59. The molecule has 64 heavy (non-hydrogen) atoms. The van der Waals surface area contributed by atoms with E-state index in [9.17, 15) is 10.2 Å². The highest BCUT2D eigenvalue weighted by Gasteiger charge is 2.42. The smallest absolute Gasteiger partial charge is 0.129 e. The van der Waals surface area contributed by atoms with Gasteiger partial charge in [-0.25, -0.2) is 0 Å². The highest BCUT2D eigenvalue weighted by atomic mass is 16.3. The van der Waals surface area contributed by atoms with Crippen LogP contribution in [0.5, 0.6) is 11.5 Å². The summed E-state index contributed by atoms with van der Waals surface area (Å²) in [7, 11) is 0. The molecule has 2 N–H and O–H groups in total. The van der Waals surface area contributed by atoms with Gasteiger partial charge in [-0.15, -0.1) is 0 Å². The first-order valence-corrected chi connectivity index (χ1v) is 22.5. The first-order valence-electron chi connectivity index (χ1n) is 22.5. The third-order valence-corrected chi connectivity index (χ3v) is 13.1. The Labute approximate surface area is 378 Å². The lowest BCUT2D eigenvalue weighted by Gasteiger charge is -2.37. The SMILES string of the molecule is Cc1cc(/C=N/[C@H]2CCCC[C@@H]2/N=C/c2cc(C)cc(C(c3ccccc3)(c3ccccc3)c3ccccc3)c2O)c(O)c(C(c2ccccc2)(c2ccccc2)c2ccccc2)c1. The molecule has 0 unspecified atom stereocenters. The minimum atomic E-state index is -0.798. The molecule has 9 rings (SSSR count). The highest BCUT2D eigenvalue weighted by molar-refractivity contribution is 5.87. The molecule has 0 saturated heterocycles. The van der Waals surface area contributed by atoms with Gasteiger partial charge in [0.25, 0.3) is 0 Å². The summed E-state index contributed by atoms with van der Waals surface area (Å²) < 4.78 is 0. The lowest BCUT2D eigenvalue weighted by atomic mass is 9.64. The molecule has 0 heterocycles. The molecular weight excluding hydrogens is 781 g/mol. The van der Waals surface area contributed by atoms with Gasteiger partial charge in [-0.3, -0.25) is 9.98 Å². The van der Waals surface area contributed by atoms with Gasteiger partial charge in [0.2, 0.25) is 0 Å². The number of aromatic hydroxyl groups is 2. The summed E-state index contributed by atoms with van der Waals surface area (Å²) >= 11 is 0. The molecule has 4 heteroatoms. The third kappa shape index (κ3) is 7.86. The Bertz CT molecular complexity index is 2470. The normalized spacial score (nSPS) is 15.7. The fourth-order valence-corrected chi connectivity index (χ4v) is 10.2. The minimum Gasteiger partial charge on any atom is -0.507 e. The zero-order valence-electron chi connectivity index (χ0n) is 36.6. The van der Waals surface area contributed by atoms with Crippen molar-refractivity contribution in [2.45, 2.75) is 62.4 Å². The topological polar surface area (TPSA) is 65.2 Å². The molecule has 1 saturated carbocycles. The van der Waals surface area contributed by atoms with Crippen molar-refractivity contribution in [2.75, 3.05) is 0 Å². The van der Waals surface area contributed by atoms with Gasteiger partial charge in [0.15, 0.2) is 0 Å². The van der Waals surface area contributed by atoms with Crippen LogP contribution in [-0.4, -0.2) is 34.7 Å². The van der Waals surface area contributed by atoms with E-state index in [0.29, 0.717) is 11.1 Å². The highest BCUT2D eigenvalue weighted by Crippen LogP contribution is 2.51. The number of aryl methyl sites for hydroxylation is 2. The van der Waals surface area contributed by atoms with Gasteiger partial charge in [-0.1, -0.05) is 207 Å². The van der Waals surface area contributed by atoms with Crippen molar-refractivity contribution in [3.8, 4) is 11.5 Å². The maximum atomic E-state index is 12.5. The Balaban J connectivity index is 1.11. The van der Waals surface area contributed by atoms with Gasteiger partial charge < -0.3 is 10.2 Å². The molecule has 316 valence electrons. The maximum absolute atomic E-state index is 12.5. The van der Waals surface area contributed by atoms with Crippen LogP contribution in [0, 0.1) is 13.8 Å². The zero-order chi connectivity index (χ0) is 43.9. The first-order chi connectivity index (χ1) is 31.4. The number of nitrogens with zero attached hydrogens (tertiary/aromatic N) is 2. The average Bonchev–Trinajstić information content (AvgIpc) is 3.35. The van der Waals surface area contributed by atoms with E-state index in [1.54, 1.807) is 0 Å². The van der Waals surface area contributed by atoms with Crippen LogP contribution in [0.2, 0.25) is 0 Å². The molecule has 0 radical (unpaired) electrons. The number of phenols is 2. The molecule has 8 aromatic rings. The number of hydrogen-bond donors (Lipinski definition) is 2. The maximum Gasteiger partial charge on any atom is 0.129 e. The minimum absolute atomic E-state index is 0.0982. The molecule has 0 bridgehead atoms. The van der Waals surface area contributed by atoms with Crippen LogP contribution in [0.15, 0.2) is 216 Å². The van der Waals surface area contributed by atoms with Crippen LogP contribution in [-0.2, 0) is 10.8 Å². The van der Waals surface area contributed by atoms with Crippen molar-refractivity contribution < 1.29 is 10.2 Å². The summed E-state index contributed by atoms with van der Waals surface area (Å²) in [5.74, 6) is 0.412. The van der Waals surface area contributed by atoms with Crippen molar-refractivity contribution in [2.24, 2.45) is 9.98 Å². The quantitative estimate of drug-likeness (QED) is 0.0951. The van der Waals surface area contributed by atoms with Crippen molar-refractivity contribution >= 4 is 12.4 Å². The lowest BCUT2D eigenvalue weighted by Crippen LogP contribution is -2.31. The van der Waals surface area contributed by atoms with E-state index in [1.807, 2.05) is 61.0 Å². The molecule has 0 amide bonds. The summed E-state index contributed by atoms with van der Waals surface area (Å²) in [5, 5.41) is 25.1. The monoisotopic (exact) mass is 834 g/mol. The number of aliphatic imine (C=N–C) groups is 2. The molecule has 8 aromatic carbocycles. The van der Waals surface area contributed by atoms with Crippen LogP contribution in [0.4, 0.5) is 0 Å². The van der Waals surface area contributed by atoms with Gasteiger partial charge in [-0.2, -0.15) is 0 Å². The first kappa shape index (κ1) is 42.0. The fraction of sp³-hybridized carbons (Fsp3) is 0.167. The predicted molar refractivity (Wildman–Crippen MR) is 264 cm³/mol. The Morgan fingerprint density at radius 3 is 0.891 bits per heavy atom. The second kappa shape index (κ2) is 18.6. The van der Waals surface area contributed by atoms with Crippen molar-refractivity contribution in [3.05, 3.63) is 273 Å². The number of rotatable bonds is 12. The molecule has 0 aliphatic heterocycles. The second-order valence-electron chi connectivity index (χ2n) is 17.2. The van der Waals surface area contributed by atoms with E-state index in [1.165, 1.54) is 0 Å². The van der Waals surface area contributed by atoms with Crippen molar-refractivity contribution in [3.63, 3.8) is 0 Å². The molecule has 0 spiro atoms. The molecule has 0 aromatic heterocycles. The van der Waals surface area contributed by atoms with Crippen LogP contribution >= 0.6 is 0 Å². The summed E-state index contributed by atoms with van der Waals surface area (Å²) in [5.41, 5.74) is 9.81. The van der Waals surface area contributed by atoms with Crippen LogP contribution in [0.1, 0.15) is 92.4 Å². The van der Waals surface area contributed by atoms with E-state index in [0.717, 1.165) is 81.3 Å². The second-order valence-corrected chi connectivity index (χ2v) is 17.2. The number of benzene rings is 8. The molecule has 4 nitrogen and oxygen atoms in total. The Kier molecular flexibility index (Phi) is 12.2. The summed E-state index contributed by atoms with van der Waals surface area (Å²) in [6.45, 7) is 4.18. The fourth-order valence-electron chi connectivity index (χ4n) is 10.2. The Morgan fingerprint density at radius 1 is 0.391 bits per heavy atom. The average molecular weight is 835 g/mol. The van der Waals surface area contributed by atoms with E-state index in [4.69, 9.17) is 9.98 Å². The van der Waals surface area contributed by atoms with Gasteiger partial charge in [0.05, 0.1) is 22.9 Å². The molecule has 2 atom stereocenters. The number of phenolic OH excluding ortho intramolecular Hbond substituents is 2. The molecular formula is C60H54N2O2. The van der Waals surface area contributed by atoms with Gasteiger partial charge in [-0.05, 0) is 83.3 Å². The van der Waals surface area contributed by atoms with Crippen LogP contribution in [0.25, 0.3) is 0 Å². The summed E-state index contributed by atoms with van der Waals surface area (Å²) in [4.78, 5) is 10.5. The van der Waals surface area contributed by atoms with E-state index in [-0.39, 0.29) is 23.6 Å². The standard InChI is InChI=1S/C60H54N2O2/c1-43-37-45(57(63)53(39-43)59(47-23-9-3-10-24-47,48-25-11-4-12-26-48)49-27-13-5-14-28-49)41-61-55-35-21-22-36-56(55)62-42-46-38-44(2)40-54(58(46)64)60(50-29-15-6-16-30-50,51-31-17-7-18-32-51)52-33-19-8-20-34-52/h3-20,23-34,37-42,55-56,63-64H,21-22,35-36H2,1-2H3/b61-41+,62-42+/t55-,56-/m0/s1. The van der Waals surface area contributed by atoms with Gasteiger partial charge >= 0.3 is 0 Å². The zero-order valence-corrected chi connectivity index (χ0v) is 36.6. The summed E-state index contributed by atoms with van der Waals surface area (Å²) in [6, 6.07) is 71.0. The van der Waals surface area contributed by atoms with Crippen LogP contribution < -0.4 is 0 Å². The van der Waals surface area contributed by atoms with E-state index >= 15 is 0 Å². The Morgan fingerprint density at radius 2 is 0.641 bits per heavy atom. The predicted octanol–water partition coefficient (Wildman–Crippen LogP) is 13.3. The van der Waals surface area contributed by atoms with E-state index < -0.39 is 10.8 Å². The van der Waals surface area contributed by atoms with E-state index in [2.05, 4.69) is 172 Å².